The molecule has 0 unspecified atom stereocenters. The van der Waals surface area contributed by atoms with Crippen molar-refractivity contribution in [2.24, 2.45) is 0 Å². The van der Waals surface area contributed by atoms with Crippen LogP contribution in [-0.4, -0.2) is 38.1 Å². The van der Waals surface area contributed by atoms with E-state index in [1.54, 1.807) is 60.7 Å². The fourth-order valence-corrected chi connectivity index (χ4v) is 4.58. The van der Waals surface area contributed by atoms with Crippen molar-refractivity contribution in [3.8, 4) is 68.6 Å². The highest BCUT2D eigenvalue weighted by atomic mass is 16.6. The Morgan fingerprint density at radius 2 is 0.962 bits per heavy atom. The highest BCUT2D eigenvalue weighted by Gasteiger charge is 2.31. The molecule has 0 atom stereocenters. The summed E-state index contributed by atoms with van der Waals surface area (Å²) in [4.78, 5) is 49.2. The summed E-state index contributed by atoms with van der Waals surface area (Å²) in [5.74, 6) is 3.66. The average Bonchev–Trinajstić information content (AvgIpc) is 3.14. The number of methoxy groups -OCH3 is 2. The SMILES string of the molecule is C=CC(=O)Oc1ccc(C#Cc2c(OC(=O)C(=C)C)c(OC)c(-c3ccc(-c4ccc(OC(=O)C=C)cc4)cc3)c(OC(=O)C(=C)C)c2OC)cc1. The van der Waals surface area contributed by atoms with Gasteiger partial charge in [0, 0.05) is 28.9 Å². The summed E-state index contributed by atoms with van der Waals surface area (Å²) in [6, 6.07) is 20.3. The second-order valence-electron chi connectivity index (χ2n) is 10.9. The van der Waals surface area contributed by atoms with Gasteiger partial charge in [0.1, 0.15) is 17.1 Å². The molecule has 10 heteroatoms. The summed E-state index contributed by atoms with van der Waals surface area (Å²) in [6.45, 7) is 17.2. The highest BCUT2D eigenvalue weighted by molar-refractivity contribution is 5.96. The van der Waals surface area contributed by atoms with E-state index in [1.165, 1.54) is 28.1 Å². The van der Waals surface area contributed by atoms with E-state index < -0.39 is 23.9 Å². The maximum atomic E-state index is 13.1. The zero-order valence-electron chi connectivity index (χ0n) is 29.0. The standard InChI is InChI=1S/C42H34O10/c1-9-34(43)49-31-20-11-27(12-21-31)13-24-33-37(47-7)40(52-42(46)26(5)6)36(39(48-8)38(33)51-41(45)25(3)4)30-16-14-28(15-17-30)29-18-22-32(23-19-29)50-35(44)10-2/h9-12,14-23H,1-3,5H2,4,6-8H3. The van der Waals surface area contributed by atoms with E-state index in [-0.39, 0.29) is 51.0 Å². The predicted octanol–water partition coefficient (Wildman–Crippen LogP) is 7.58. The quantitative estimate of drug-likeness (QED) is 0.0633. The molecule has 4 rings (SSSR count). The van der Waals surface area contributed by atoms with Crippen LogP contribution >= 0.6 is 0 Å². The van der Waals surface area contributed by atoms with Crippen LogP contribution in [0.15, 0.2) is 122 Å². The van der Waals surface area contributed by atoms with Gasteiger partial charge < -0.3 is 28.4 Å². The van der Waals surface area contributed by atoms with E-state index in [2.05, 4.69) is 38.2 Å². The molecule has 0 N–H and O–H groups in total. The molecule has 4 aromatic carbocycles. The lowest BCUT2D eigenvalue weighted by atomic mass is 9.96. The zero-order valence-corrected chi connectivity index (χ0v) is 29.0. The highest BCUT2D eigenvalue weighted by Crippen LogP contribution is 2.53. The number of carbonyl (C=O) groups is 4. The van der Waals surface area contributed by atoms with E-state index in [0.717, 1.165) is 23.3 Å². The molecule has 0 saturated carbocycles. The van der Waals surface area contributed by atoms with Gasteiger partial charge in [-0.1, -0.05) is 74.6 Å². The molecule has 0 bridgehead atoms. The van der Waals surface area contributed by atoms with Crippen LogP contribution in [0.4, 0.5) is 0 Å². The molecule has 0 aromatic heterocycles. The van der Waals surface area contributed by atoms with Gasteiger partial charge in [-0.2, -0.15) is 0 Å². The molecule has 0 aliphatic rings. The molecule has 0 radical (unpaired) electrons. The molecule has 0 aliphatic heterocycles. The molecule has 0 heterocycles. The fraction of sp³-hybridized carbons (Fsp3) is 0.0952. The lowest BCUT2D eigenvalue weighted by Gasteiger charge is -2.22. The normalized spacial score (nSPS) is 10.0. The summed E-state index contributed by atoms with van der Waals surface area (Å²) in [5, 5.41) is 0. The monoisotopic (exact) mass is 698 g/mol. The lowest BCUT2D eigenvalue weighted by Crippen LogP contribution is -2.14. The third kappa shape index (κ3) is 8.91. The molecule has 262 valence electrons. The van der Waals surface area contributed by atoms with E-state index >= 15 is 0 Å². The van der Waals surface area contributed by atoms with Gasteiger partial charge in [0.2, 0.25) is 0 Å². The first-order chi connectivity index (χ1) is 24.9. The maximum absolute atomic E-state index is 13.1. The summed E-state index contributed by atoms with van der Waals surface area (Å²) in [6.07, 6.45) is 2.12. The van der Waals surface area contributed by atoms with E-state index in [4.69, 9.17) is 28.4 Å². The van der Waals surface area contributed by atoms with Crippen molar-refractivity contribution in [1.29, 1.82) is 0 Å². The first-order valence-electron chi connectivity index (χ1n) is 15.5. The molecule has 0 fully saturated rings. The van der Waals surface area contributed by atoms with Gasteiger partial charge in [-0.3, -0.25) is 0 Å². The second-order valence-corrected chi connectivity index (χ2v) is 10.9. The summed E-state index contributed by atoms with van der Waals surface area (Å²) in [7, 11) is 2.71. The number of rotatable bonds is 12. The number of ether oxygens (including phenoxy) is 6. The van der Waals surface area contributed by atoms with Crippen molar-refractivity contribution in [3.63, 3.8) is 0 Å². The van der Waals surface area contributed by atoms with Crippen molar-refractivity contribution >= 4 is 23.9 Å². The maximum Gasteiger partial charge on any atom is 0.338 e. The van der Waals surface area contributed by atoms with Gasteiger partial charge in [0.25, 0.3) is 0 Å². The number of esters is 4. The minimum atomic E-state index is -0.771. The Labute approximate surface area is 301 Å². The second kappa shape index (κ2) is 17.0. The Kier molecular flexibility index (Phi) is 12.3. The van der Waals surface area contributed by atoms with Crippen LogP contribution in [0.2, 0.25) is 0 Å². The van der Waals surface area contributed by atoms with Crippen LogP contribution in [0, 0.1) is 11.8 Å². The molecule has 0 saturated heterocycles. The van der Waals surface area contributed by atoms with Crippen molar-refractivity contribution in [2.75, 3.05) is 14.2 Å². The van der Waals surface area contributed by atoms with Gasteiger partial charge in [-0.25, -0.2) is 19.2 Å². The Hall–Kier alpha value is -7.12. The molecular formula is C42H34O10. The number of carbonyl (C=O) groups excluding carboxylic acids is 4. The molecule has 0 amide bonds. The van der Waals surface area contributed by atoms with Gasteiger partial charge >= 0.3 is 23.9 Å². The zero-order chi connectivity index (χ0) is 37.9. The minimum absolute atomic E-state index is 0.0111. The van der Waals surface area contributed by atoms with Crippen LogP contribution in [0.3, 0.4) is 0 Å². The smallest absolute Gasteiger partial charge is 0.338 e. The summed E-state index contributed by atoms with van der Waals surface area (Å²) >= 11 is 0. The largest absolute Gasteiger partial charge is 0.492 e. The predicted molar refractivity (Wildman–Crippen MR) is 195 cm³/mol. The van der Waals surface area contributed by atoms with Crippen molar-refractivity contribution in [1.82, 2.24) is 0 Å². The molecule has 0 aliphatic carbocycles. The summed E-state index contributed by atoms with van der Waals surface area (Å²) in [5.41, 5.74) is 3.05. The first kappa shape index (κ1) is 37.7. The Morgan fingerprint density at radius 1 is 0.538 bits per heavy atom. The number of hydrogen-bond donors (Lipinski definition) is 0. The fourth-order valence-electron chi connectivity index (χ4n) is 4.58. The van der Waals surface area contributed by atoms with E-state index in [9.17, 15) is 19.2 Å². The van der Waals surface area contributed by atoms with Crippen LogP contribution in [0.5, 0.6) is 34.5 Å². The van der Waals surface area contributed by atoms with Crippen LogP contribution in [-0.2, 0) is 19.2 Å². The van der Waals surface area contributed by atoms with Gasteiger partial charge in [-0.15, -0.1) is 0 Å². The lowest BCUT2D eigenvalue weighted by molar-refractivity contribution is -0.131. The molecule has 0 spiro atoms. The third-order valence-corrected chi connectivity index (χ3v) is 7.13. The Morgan fingerprint density at radius 3 is 1.40 bits per heavy atom. The Balaban J connectivity index is 1.93. The van der Waals surface area contributed by atoms with Gasteiger partial charge in [0.05, 0.1) is 19.8 Å². The first-order valence-corrected chi connectivity index (χ1v) is 15.5. The van der Waals surface area contributed by atoms with Crippen LogP contribution < -0.4 is 28.4 Å². The van der Waals surface area contributed by atoms with Crippen LogP contribution in [0.1, 0.15) is 25.0 Å². The van der Waals surface area contributed by atoms with Crippen molar-refractivity contribution in [2.45, 2.75) is 13.8 Å². The number of benzene rings is 4. The van der Waals surface area contributed by atoms with Gasteiger partial charge in [-0.05, 0) is 66.9 Å². The van der Waals surface area contributed by atoms with E-state index in [1.807, 2.05) is 12.1 Å². The minimum Gasteiger partial charge on any atom is -0.492 e. The molecular weight excluding hydrogens is 664 g/mol. The third-order valence-electron chi connectivity index (χ3n) is 7.13. The topological polar surface area (TPSA) is 124 Å². The summed E-state index contributed by atoms with van der Waals surface area (Å²) < 4.78 is 33.7. The number of hydrogen-bond acceptors (Lipinski definition) is 10. The van der Waals surface area contributed by atoms with Crippen LogP contribution in [0.25, 0.3) is 22.3 Å². The van der Waals surface area contributed by atoms with Gasteiger partial charge in [0.15, 0.2) is 23.0 Å². The molecule has 52 heavy (non-hydrogen) atoms. The van der Waals surface area contributed by atoms with Crippen molar-refractivity contribution in [3.05, 3.63) is 134 Å². The van der Waals surface area contributed by atoms with Crippen molar-refractivity contribution < 1.29 is 47.6 Å². The molecule has 10 nitrogen and oxygen atoms in total. The van der Waals surface area contributed by atoms with E-state index in [0.29, 0.717) is 16.9 Å². The Bertz CT molecular complexity index is 2140. The average molecular weight is 699 g/mol. The molecule has 4 aromatic rings.